The van der Waals surface area contributed by atoms with Gasteiger partial charge in [-0.3, -0.25) is 9.59 Å². The molecule has 1 aromatic carbocycles. The minimum Gasteiger partial charge on any atom is -0.496 e. The molecule has 0 saturated heterocycles. The predicted molar refractivity (Wildman–Crippen MR) is 110 cm³/mol. The van der Waals surface area contributed by atoms with E-state index in [1.165, 1.54) is 11.3 Å². The molecule has 146 valence electrons. The molecule has 3 aromatic rings. The van der Waals surface area contributed by atoms with Crippen molar-refractivity contribution in [2.24, 2.45) is 0 Å². The highest BCUT2D eigenvalue weighted by molar-refractivity contribution is 7.21. The van der Waals surface area contributed by atoms with Crippen LogP contribution >= 0.6 is 22.7 Å². The number of benzene rings is 1. The number of nitrogens with one attached hydrogen (secondary N) is 2. The maximum Gasteiger partial charge on any atom is 0.309 e. The van der Waals surface area contributed by atoms with Crippen molar-refractivity contribution >= 4 is 34.5 Å². The highest BCUT2D eigenvalue weighted by Gasteiger charge is 2.17. The zero-order valence-corrected chi connectivity index (χ0v) is 16.8. The molecule has 0 aliphatic carbocycles. The maximum atomic E-state index is 12.0. The van der Waals surface area contributed by atoms with Gasteiger partial charge in [-0.1, -0.05) is 24.3 Å². The Hall–Kier alpha value is -2.68. The highest BCUT2D eigenvalue weighted by Crippen LogP contribution is 2.33. The number of para-hydroxylation sites is 1. The van der Waals surface area contributed by atoms with Gasteiger partial charge < -0.3 is 20.5 Å². The number of ether oxygens (including phenoxy) is 1. The summed E-state index contributed by atoms with van der Waals surface area (Å²) in [5, 5.41) is 17.3. The first-order valence-corrected chi connectivity index (χ1v) is 10.3. The van der Waals surface area contributed by atoms with Gasteiger partial charge in [0, 0.05) is 33.3 Å². The SMILES string of the molecule is COc1ccccc1CNC(=O)C(=O)NCC(O)c1ccc(-c2cccs2)s1. The first-order valence-electron chi connectivity index (χ1n) is 8.58. The van der Waals surface area contributed by atoms with Crippen molar-refractivity contribution in [2.45, 2.75) is 12.6 Å². The second kappa shape index (κ2) is 9.50. The highest BCUT2D eigenvalue weighted by atomic mass is 32.1. The molecule has 2 amide bonds. The first-order chi connectivity index (χ1) is 13.6. The third-order valence-corrected chi connectivity index (χ3v) is 6.27. The van der Waals surface area contributed by atoms with Gasteiger partial charge in [0.25, 0.3) is 0 Å². The number of amides is 2. The molecule has 6 nitrogen and oxygen atoms in total. The average molecular weight is 417 g/mol. The molecule has 1 unspecified atom stereocenters. The Labute approximate surface area is 170 Å². The topological polar surface area (TPSA) is 87.7 Å². The van der Waals surface area contributed by atoms with Crippen molar-refractivity contribution in [3.05, 3.63) is 64.4 Å². The average Bonchev–Trinajstić information content (AvgIpc) is 3.41. The van der Waals surface area contributed by atoms with Gasteiger partial charge in [-0.15, -0.1) is 22.7 Å². The van der Waals surface area contributed by atoms with Crippen LogP contribution in [0.25, 0.3) is 9.75 Å². The van der Waals surface area contributed by atoms with Gasteiger partial charge >= 0.3 is 11.8 Å². The molecule has 0 aliphatic heterocycles. The first kappa shape index (κ1) is 20.1. The molecule has 1 atom stereocenters. The van der Waals surface area contributed by atoms with Gasteiger partial charge in [0.1, 0.15) is 11.9 Å². The molecule has 3 N–H and O–H groups in total. The van der Waals surface area contributed by atoms with Gasteiger partial charge in [0.2, 0.25) is 0 Å². The van der Waals surface area contributed by atoms with Crippen molar-refractivity contribution < 1.29 is 19.4 Å². The minimum atomic E-state index is -0.871. The van der Waals surface area contributed by atoms with Crippen LogP contribution in [0.1, 0.15) is 16.5 Å². The molecule has 0 saturated carbocycles. The summed E-state index contributed by atoms with van der Waals surface area (Å²) in [7, 11) is 1.54. The Morgan fingerprint density at radius 1 is 1.04 bits per heavy atom. The van der Waals surface area contributed by atoms with Crippen LogP contribution in [-0.2, 0) is 16.1 Å². The van der Waals surface area contributed by atoms with E-state index in [4.69, 9.17) is 4.74 Å². The molecular weight excluding hydrogens is 396 g/mol. The van der Waals surface area contributed by atoms with Gasteiger partial charge in [-0.2, -0.15) is 0 Å². The van der Waals surface area contributed by atoms with E-state index in [0.717, 1.165) is 20.2 Å². The Kier molecular flexibility index (Phi) is 6.80. The summed E-state index contributed by atoms with van der Waals surface area (Å²) in [5.41, 5.74) is 0.769. The molecule has 0 spiro atoms. The molecule has 0 aliphatic rings. The van der Waals surface area contributed by atoms with E-state index >= 15 is 0 Å². The summed E-state index contributed by atoms with van der Waals surface area (Å²) in [6, 6.07) is 15.0. The fraction of sp³-hybridized carbons (Fsp3) is 0.200. The number of methoxy groups -OCH3 is 1. The summed E-state index contributed by atoms with van der Waals surface area (Å²) in [6.07, 6.45) is -0.871. The third kappa shape index (κ3) is 4.98. The van der Waals surface area contributed by atoms with E-state index in [2.05, 4.69) is 10.6 Å². The molecule has 3 rings (SSSR count). The zero-order valence-electron chi connectivity index (χ0n) is 15.2. The summed E-state index contributed by atoms with van der Waals surface area (Å²) in [6.45, 7) is 0.138. The fourth-order valence-corrected chi connectivity index (χ4v) is 4.39. The predicted octanol–water partition coefficient (Wildman–Crippen LogP) is 2.95. The van der Waals surface area contributed by atoms with Crippen LogP contribution in [0.15, 0.2) is 53.9 Å². The maximum absolute atomic E-state index is 12.0. The van der Waals surface area contributed by atoms with Crippen molar-refractivity contribution in [1.29, 1.82) is 0 Å². The standard InChI is InChI=1S/C20H20N2O4S2/c1-26-15-6-3-2-5-13(15)11-21-19(24)20(25)22-12-14(23)16-8-9-18(28-16)17-7-4-10-27-17/h2-10,14,23H,11-12H2,1H3,(H,21,24)(H,22,25). The van der Waals surface area contributed by atoms with E-state index in [9.17, 15) is 14.7 Å². The van der Waals surface area contributed by atoms with E-state index in [0.29, 0.717) is 5.75 Å². The van der Waals surface area contributed by atoms with Crippen LogP contribution in [0, 0.1) is 0 Å². The van der Waals surface area contributed by atoms with Gasteiger partial charge in [-0.25, -0.2) is 0 Å². The Balaban J connectivity index is 1.48. The Bertz CT molecular complexity index is 937. The monoisotopic (exact) mass is 416 g/mol. The summed E-state index contributed by atoms with van der Waals surface area (Å²) >= 11 is 3.09. The molecule has 2 heterocycles. The van der Waals surface area contributed by atoms with E-state index < -0.39 is 17.9 Å². The van der Waals surface area contributed by atoms with Gasteiger partial charge in [-0.05, 0) is 29.6 Å². The second-order valence-electron chi connectivity index (χ2n) is 5.90. The molecule has 0 bridgehead atoms. The van der Waals surface area contributed by atoms with Crippen LogP contribution in [0.3, 0.4) is 0 Å². The number of hydrogen-bond donors (Lipinski definition) is 3. The summed E-state index contributed by atoms with van der Waals surface area (Å²) in [5.74, 6) is -0.912. The minimum absolute atomic E-state index is 0.0364. The van der Waals surface area contributed by atoms with Gasteiger partial charge in [0.15, 0.2) is 0 Å². The number of rotatable bonds is 7. The van der Waals surface area contributed by atoms with Crippen LogP contribution in [0.5, 0.6) is 5.75 Å². The van der Waals surface area contributed by atoms with Crippen LogP contribution < -0.4 is 15.4 Å². The number of thiophene rings is 2. The van der Waals surface area contributed by atoms with E-state index in [1.54, 1.807) is 24.5 Å². The lowest BCUT2D eigenvalue weighted by atomic mass is 10.2. The smallest absolute Gasteiger partial charge is 0.309 e. The van der Waals surface area contributed by atoms with Crippen LogP contribution in [0.2, 0.25) is 0 Å². The lowest BCUT2D eigenvalue weighted by molar-refractivity contribution is -0.139. The summed E-state index contributed by atoms with van der Waals surface area (Å²) in [4.78, 5) is 26.9. The third-order valence-electron chi connectivity index (χ3n) is 4.01. The molecule has 28 heavy (non-hydrogen) atoms. The normalized spacial score (nSPS) is 11.6. The number of carbonyl (C=O) groups is 2. The van der Waals surface area contributed by atoms with E-state index in [1.807, 2.05) is 47.8 Å². The molecular formula is C20H20N2O4S2. The Morgan fingerprint density at radius 2 is 1.82 bits per heavy atom. The lowest BCUT2D eigenvalue weighted by Crippen LogP contribution is -2.41. The quantitative estimate of drug-likeness (QED) is 0.517. The Morgan fingerprint density at radius 3 is 2.57 bits per heavy atom. The largest absolute Gasteiger partial charge is 0.496 e. The van der Waals surface area contributed by atoms with Crippen LogP contribution in [-0.4, -0.2) is 30.6 Å². The number of carbonyl (C=O) groups excluding carboxylic acids is 2. The zero-order chi connectivity index (χ0) is 19.9. The number of aliphatic hydroxyl groups is 1. The van der Waals surface area contributed by atoms with Crippen LogP contribution in [0.4, 0.5) is 0 Å². The molecule has 0 fully saturated rings. The number of hydrogen-bond acceptors (Lipinski definition) is 6. The number of aliphatic hydroxyl groups excluding tert-OH is 1. The molecule has 2 aromatic heterocycles. The van der Waals surface area contributed by atoms with Gasteiger partial charge in [0.05, 0.1) is 7.11 Å². The molecule has 0 radical (unpaired) electrons. The second-order valence-corrected chi connectivity index (χ2v) is 7.96. The van der Waals surface area contributed by atoms with Crippen molar-refractivity contribution in [2.75, 3.05) is 13.7 Å². The van der Waals surface area contributed by atoms with Crippen molar-refractivity contribution in [3.63, 3.8) is 0 Å². The van der Waals surface area contributed by atoms with Crippen molar-refractivity contribution in [1.82, 2.24) is 10.6 Å². The fourth-order valence-electron chi connectivity index (χ4n) is 2.56. The molecule has 8 heteroatoms. The lowest BCUT2D eigenvalue weighted by Gasteiger charge is -2.11. The summed E-state index contributed by atoms with van der Waals surface area (Å²) < 4.78 is 5.21. The van der Waals surface area contributed by atoms with Crippen molar-refractivity contribution in [3.8, 4) is 15.5 Å². The van der Waals surface area contributed by atoms with E-state index in [-0.39, 0.29) is 13.1 Å².